The fourth-order valence-electron chi connectivity index (χ4n) is 2.09. The van der Waals surface area contributed by atoms with Gasteiger partial charge in [0.2, 0.25) is 5.13 Å². The second-order valence-electron chi connectivity index (χ2n) is 4.20. The lowest BCUT2D eigenvalue weighted by atomic mass is 10.1. The van der Waals surface area contributed by atoms with Crippen molar-refractivity contribution in [3.8, 4) is 0 Å². The average molecular weight is 259 g/mol. The average Bonchev–Trinajstić information content (AvgIpc) is 2.98. The van der Waals surface area contributed by atoms with Crippen LogP contribution in [0.4, 0.5) is 5.13 Å². The van der Waals surface area contributed by atoms with Gasteiger partial charge in [-0.15, -0.1) is 10.2 Å². The number of benzene rings is 1. The quantitative estimate of drug-likeness (QED) is 0.778. The number of fused-ring (bicyclic) bond motifs is 1. The number of nitrogens with one attached hydrogen (secondary N) is 1. The monoisotopic (exact) mass is 259 g/mol. The molecule has 3 aromatic rings. The van der Waals surface area contributed by atoms with Crippen molar-refractivity contribution in [3.63, 3.8) is 0 Å². The van der Waals surface area contributed by atoms with Crippen LogP contribution in [0.5, 0.6) is 0 Å². The topological polar surface area (TPSA) is 51.0 Å². The van der Waals surface area contributed by atoms with E-state index in [4.69, 9.17) is 4.42 Å². The number of para-hydroxylation sites is 1. The molecule has 0 amide bonds. The van der Waals surface area contributed by atoms with Gasteiger partial charge in [0.1, 0.15) is 16.9 Å². The molecule has 0 fully saturated rings. The molecule has 3 rings (SSSR count). The predicted molar refractivity (Wildman–Crippen MR) is 72.9 cm³/mol. The Morgan fingerprint density at radius 1 is 1.33 bits per heavy atom. The second-order valence-corrected chi connectivity index (χ2v) is 5.03. The Hall–Kier alpha value is -1.88. The summed E-state index contributed by atoms with van der Waals surface area (Å²) in [6.45, 7) is 4.14. The molecule has 2 aromatic heterocycles. The van der Waals surface area contributed by atoms with Crippen LogP contribution >= 0.6 is 11.3 Å². The third-order valence-electron chi connectivity index (χ3n) is 2.97. The predicted octanol–water partition coefficient (Wildman–Crippen LogP) is 3.77. The number of aromatic nitrogens is 2. The van der Waals surface area contributed by atoms with E-state index >= 15 is 0 Å². The first kappa shape index (κ1) is 11.2. The minimum atomic E-state index is 0.0744. The van der Waals surface area contributed by atoms with Crippen molar-refractivity contribution in [2.45, 2.75) is 19.9 Å². The van der Waals surface area contributed by atoms with Gasteiger partial charge in [-0.1, -0.05) is 29.5 Å². The maximum absolute atomic E-state index is 5.90. The molecule has 0 aliphatic rings. The Morgan fingerprint density at radius 2 is 2.17 bits per heavy atom. The van der Waals surface area contributed by atoms with Crippen molar-refractivity contribution >= 4 is 27.4 Å². The Bertz CT molecular complexity index is 660. The molecule has 1 atom stereocenters. The molecule has 0 saturated heterocycles. The van der Waals surface area contributed by atoms with Crippen LogP contribution in [0, 0.1) is 6.92 Å². The molecule has 0 radical (unpaired) electrons. The lowest BCUT2D eigenvalue weighted by Crippen LogP contribution is -2.06. The van der Waals surface area contributed by atoms with Crippen LogP contribution < -0.4 is 5.32 Å². The van der Waals surface area contributed by atoms with Crippen molar-refractivity contribution in [3.05, 3.63) is 41.1 Å². The zero-order valence-electron chi connectivity index (χ0n) is 10.2. The standard InChI is InChI=1S/C13H13N3OS/c1-8-10-5-3-4-6-11(10)17-12(8)9(2)15-13-16-14-7-18-13/h3-7,9H,1-2H3,(H,15,16). The van der Waals surface area contributed by atoms with Gasteiger partial charge in [-0.05, 0) is 19.9 Å². The summed E-state index contributed by atoms with van der Waals surface area (Å²) in [5.74, 6) is 0.950. The zero-order valence-corrected chi connectivity index (χ0v) is 11.0. The number of anilines is 1. The van der Waals surface area contributed by atoms with E-state index in [1.165, 1.54) is 22.3 Å². The normalized spacial score (nSPS) is 12.8. The van der Waals surface area contributed by atoms with E-state index in [9.17, 15) is 0 Å². The van der Waals surface area contributed by atoms with Gasteiger partial charge in [-0.2, -0.15) is 0 Å². The van der Waals surface area contributed by atoms with Gasteiger partial charge in [0.05, 0.1) is 6.04 Å². The molecule has 4 nitrogen and oxygen atoms in total. The van der Waals surface area contributed by atoms with Crippen LogP contribution in [0.3, 0.4) is 0 Å². The van der Waals surface area contributed by atoms with E-state index < -0.39 is 0 Å². The molecule has 1 aromatic carbocycles. The number of nitrogens with zero attached hydrogens (tertiary/aromatic N) is 2. The molecule has 1 unspecified atom stereocenters. The first-order chi connectivity index (χ1) is 8.75. The van der Waals surface area contributed by atoms with Crippen molar-refractivity contribution in [2.75, 3.05) is 5.32 Å². The van der Waals surface area contributed by atoms with Crippen molar-refractivity contribution in [1.29, 1.82) is 0 Å². The highest BCUT2D eigenvalue weighted by Crippen LogP contribution is 2.30. The summed E-state index contributed by atoms with van der Waals surface area (Å²) in [5, 5.41) is 13.1. The molecule has 0 saturated carbocycles. The maximum atomic E-state index is 5.90. The van der Waals surface area contributed by atoms with Crippen molar-refractivity contribution < 1.29 is 4.42 Å². The van der Waals surface area contributed by atoms with Crippen molar-refractivity contribution in [2.24, 2.45) is 0 Å². The Kier molecular flexibility index (Phi) is 2.76. The maximum Gasteiger partial charge on any atom is 0.205 e. The molecule has 2 heterocycles. The van der Waals surface area contributed by atoms with E-state index in [0.29, 0.717) is 0 Å². The fraction of sp³-hybridized carbons (Fsp3) is 0.231. The minimum Gasteiger partial charge on any atom is -0.459 e. The minimum absolute atomic E-state index is 0.0744. The molecule has 1 N–H and O–H groups in total. The first-order valence-electron chi connectivity index (χ1n) is 5.76. The number of hydrogen-bond donors (Lipinski definition) is 1. The molecule has 0 aliphatic carbocycles. The van der Waals surface area contributed by atoms with Crippen LogP contribution in [0.15, 0.2) is 34.2 Å². The van der Waals surface area contributed by atoms with Crippen LogP contribution in [0.1, 0.15) is 24.3 Å². The number of hydrogen-bond acceptors (Lipinski definition) is 5. The molecule has 0 bridgehead atoms. The molecule has 18 heavy (non-hydrogen) atoms. The highest BCUT2D eigenvalue weighted by molar-refractivity contribution is 7.13. The first-order valence-corrected chi connectivity index (χ1v) is 6.64. The van der Waals surface area contributed by atoms with Crippen LogP contribution in [-0.4, -0.2) is 10.2 Å². The summed E-state index contributed by atoms with van der Waals surface area (Å²) in [6.07, 6.45) is 0. The third-order valence-corrected chi connectivity index (χ3v) is 3.60. The van der Waals surface area contributed by atoms with Crippen molar-refractivity contribution in [1.82, 2.24) is 10.2 Å². The molecule has 5 heteroatoms. The highest BCUT2D eigenvalue weighted by atomic mass is 32.1. The summed E-state index contributed by atoms with van der Waals surface area (Å²) in [5.41, 5.74) is 3.81. The van der Waals surface area contributed by atoms with Gasteiger partial charge < -0.3 is 9.73 Å². The van der Waals surface area contributed by atoms with Crippen LogP contribution in [0.25, 0.3) is 11.0 Å². The van der Waals surface area contributed by atoms with E-state index in [1.807, 2.05) is 18.2 Å². The smallest absolute Gasteiger partial charge is 0.205 e. The lowest BCUT2D eigenvalue weighted by Gasteiger charge is -2.10. The molecule has 92 valence electrons. The summed E-state index contributed by atoms with van der Waals surface area (Å²) in [7, 11) is 0. The number of aryl methyl sites for hydroxylation is 1. The molecular weight excluding hydrogens is 246 g/mol. The summed E-state index contributed by atoms with van der Waals surface area (Å²) in [6, 6.07) is 8.15. The van der Waals surface area contributed by atoms with E-state index in [1.54, 1.807) is 5.51 Å². The van der Waals surface area contributed by atoms with Gasteiger partial charge in [-0.25, -0.2) is 0 Å². The summed E-state index contributed by atoms with van der Waals surface area (Å²) >= 11 is 1.48. The van der Waals surface area contributed by atoms with Gasteiger partial charge in [0, 0.05) is 10.9 Å². The fourth-order valence-corrected chi connectivity index (χ4v) is 2.63. The van der Waals surface area contributed by atoms with E-state index in [-0.39, 0.29) is 6.04 Å². The Labute approximate surface area is 109 Å². The second kappa shape index (κ2) is 4.42. The summed E-state index contributed by atoms with van der Waals surface area (Å²) in [4.78, 5) is 0. The van der Waals surface area contributed by atoms with Gasteiger partial charge in [0.15, 0.2) is 0 Å². The summed E-state index contributed by atoms with van der Waals surface area (Å²) < 4.78 is 5.90. The number of rotatable bonds is 3. The van der Waals surface area contributed by atoms with E-state index in [2.05, 4.69) is 35.4 Å². The Morgan fingerprint density at radius 3 is 2.89 bits per heavy atom. The van der Waals surface area contributed by atoms with Gasteiger partial charge in [0.25, 0.3) is 0 Å². The van der Waals surface area contributed by atoms with Gasteiger partial charge in [-0.3, -0.25) is 0 Å². The third kappa shape index (κ3) is 1.86. The lowest BCUT2D eigenvalue weighted by molar-refractivity contribution is 0.522. The van der Waals surface area contributed by atoms with Gasteiger partial charge >= 0.3 is 0 Å². The number of furan rings is 1. The Balaban J connectivity index is 1.96. The molecular formula is C13H13N3OS. The van der Waals surface area contributed by atoms with Crippen LogP contribution in [-0.2, 0) is 0 Å². The zero-order chi connectivity index (χ0) is 12.5. The van der Waals surface area contributed by atoms with E-state index in [0.717, 1.165) is 16.5 Å². The molecule has 0 spiro atoms. The van der Waals surface area contributed by atoms with Crippen LogP contribution in [0.2, 0.25) is 0 Å². The largest absolute Gasteiger partial charge is 0.459 e. The SMILES string of the molecule is Cc1c(C(C)Nc2nncs2)oc2ccccc12. The molecule has 0 aliphatic heterocycles. The highest BCUT2D eigenvalue weighted by Gasteiger charge is 2.16.